The molecule has 1 aliphatic heterocycles. The normalized spacial score (nSPS) is 50.1. The summed E-state index contributed by atoms with van der Waals surface area (Å²) in [7, 11) is 0. The van der Waals surface area contributed by atoms with Crippen LogP contribution < -0.4 is 0 Å². The third kappa shape index (κ3) is 1.15. The SMILES string of the molecule is C[C@]12CCCC[C@@H]1CC1(OO1)[C@@H](F)C2. The van der Waals surface area contributed by atoms with Crippen molar-refractivity contribution in [3.8, 4) is 0 Å². The standard InChI is InChI=1S/C11H17FO2/c1-10-5-3-2-4-8(10)6-11(13-14-11)9(12)7-10/h8-9H,2-7H2,1H3/t8-,9+,10-/m1/s1. The summed E-state index contributed by atoms with van der Waals surface area (Å²) in [5, 5.41) is 0. The van der Waals surface area contributed by atoms with Crippen LogP contribution in [-0.2, 0) is 9.78 Å². The van der Waals surface area contributed by atoms with Gasteiger partial charge in [0.25, 0.3) is 5.79 Å². The lowest BCUT2D eigenvalue weighted by molar-refractivity contribution is -0.0349. The van der Waals surface area contributed by atoms with Crippen LogP contribution in [0.1, 0.15) is 45.4 Å². The van der Waals surface area contributed by atoms with Crippen LogP contribution >= 0.6 is 0 Å². The van der Waals surface area contributed by atoms with Crippen LogP contribution in [-0.4, -0.2) is 12.0 Å². The molecule has 3 fully saturated rings. The second kappa shape index (κ2) is 2.70. The van der Waals surface area contributed by atoms with Crippen molar-refractivity contribution < 1.29 is 14.2 Å². The zero-order valence-electron chi connectivity index (χ0n) is 8.59. The molecular formula is C11H17FO2. The summed E-state index contributed by atoms with van der Waals surface area (Å²) in [5.74, 6) is -0.215. The van der Waals surface area contributed by atoms with Crippen molar-refractivity contribution in [2.24, 2.45) is 11.3 Å². The van der Waals surface area contributed by atoms with Crippen LogP contribution in [0.2, 0.25) is 0 Å². The monoisotopic (exact) mass is 200 g/mol. The third-order valence-corrected chi connectivity index (χ3v) is 4.49. The number of rotatable bonds is 0. The van der Waals surface area contributed by atoms with Gasteiger partial charge in [0.05, 0.1) is 0 Å². The van der Waals surface area contributed by atoms with Crippen molar-refractivity contribution >= 4 is 0 Å². The zero-order chi connectivity index (χ0) is 9.81. The van der Waals surface area contributed by atoms with Gasteiger partial charge in [0, 0.05) is 6.42 Å². The lowest BCUT2D eigenvalue weighted by atomic mass is 9.59. The molecule has 80 valence electrons. The van der Waals surface area contributed by atoms with Crippen LogP contribution in [0.15, 0.2) is 0 Å². The number of fused-ring (bicyclic) bond motifs is 1. The highest BCUT2D eigenvalue weighted by Crippen LogP contribution is 2.58. The molecule has 3 rings (SSSR count). The van der Waals surface area contributed by atoms with E-state index < -0.39 is 12.0 Å². The summed E-state index contributed by atoms with van der Waals surface area (Å²) in [4.78, 5) is 9.74. The lowest BCUT2D eigenvalue weighted by Crippen LogP contribution is -2.46. The second-order valence-electron chi connectivity index (χ2n) is 5.45. The minimum Gasteiger partial charge on any atom is -0.241 e. The Morgan fingerprint density at radius 2 is 2.00 bits per heavy atom. The van der Waals surface area contributed by atoms with Crippen molar-refractivity contribution in [2.75, 3.05) is 0 Å². The average Bonchev–Trinajstić information content (AvgIpc) is 2.89. The van der Waals surface area contributed by atoms with Gasteiger partial charge in [0.1, 0.15) is 0 Å². The van der Waals surface area contributed by atoms with Crippen molar-refractivity contribution in [1.29, 1.82) is 0 Å². The first kappa shape index (κ1) is 9.10. The Morgan fingerprint density at radius 3 is 2.71 bits per heavy atom. The molecule has 0 bridgehead atoms. The molecule has 3 aliphatic rings. The molecule has 0 aromatic heterocycles. The van der Waals surface area contributed by atoms with Gasteiger partial charge in [-0.05, 0) is 30.6 Å². The van der Waals surface area contributed by atoms with E-state index >= 15 is 0 Å². The van der Waals surface area contributed by atoms with E-state index in [2.05, 4.69) is 6.92 Å². The Bertz CT molecular complexity index is 252. The van der Waals surface area contributed by atoms with Gasteiger partial charge in [-0.2, -0.15) is 9.78 Å². The van der Waals surface area contributed by atoms with E-state index in [1.165, 1.54) is 25.7 Å². The van der Waals surface area contributed by atoms with Gasteiger partial charge < -0.3 is 0 Å². The summed E-state index contributed by atoms with van der Waals surface area (Å²) in [6.45, 7) is 2.23. The molecule has 14 heavy (non-hydrogen) atoms. The van der Waals surface area contributed by atoms with Gasteiger partial charge in [0.15, 0.2) is 6.17 Å². The molecule has 0 amide bonds. The van der Waals surface area contributed by atoms with Crippen LogP contribution in [0.25, 0.3) is 0 Å². The molecule has 0 aromatic rings. The molecule has 1 spiro atoms. The van der Waals surface area contributed by atoms with E-state index in [4.69, 9.17) is 9.78 Å². The first-order chi connectivity index (χ1) is 6.65. The van der Waals surface area contributed by atoms with Gasteiger partial charge >= 0.3 is 0 Å². The van der Waals surface area contributed by atoms with Crippen LogP contribution in [0.4, 0.5) is 4.39 Å². The molecule has 3 heteroatoms. The highest BCUT2D eigenvalue weighted by Gasteiger charge is 2.64. The third-order valence-electron chi connectivity index (χ3n) is 4.49. The van der Waals surface area contributed by atoms with Gasteiger partial charge in [-0.1, -0.05) is 19.8 Å². The minimum atomic E-state index is -0.915. The van der Waals surface area contributed by atoms with E-state index in [0.717, 1.165) is 6.42 Å². The summed E-state index contributed by atoms with van der Waals surface area (Å²) in [6, 6.07) is 0. The molecule has 1 saturated heterocycles. The van der Waals surface area contributed by atoms with Crippen LogP contribution in [0.3, 0.4) is 0 Å². The second-order valence-corrected chi connectivity index (χ2v) is 5.45. The zero-order valence-corrected chi connectivity index (χ0v) is 8.59. The quantitative estimate of drug-likeness (QED) is 0.443. The molecule has 1 heterocycles. The summed E-state index contributed by atoms with van der Waals surface area (Å²) < 4.78 is 13.8. The molecule has 0 radical (unpaired) electrons. The maximum atomic E-state index is 13.8. The van der Waals surface area contributed by atoms with E-state index in [1.807, 2.05) is 0 Å². The molecule has 2 aliphatic carbocycles. The summed E-state index contributed by atoms with van der Waals surface area (Å²) >= 11 is 0. The van der Waals surface area contributed by atoms with Crippen molar-refractivity contribution in [1.82, 2.24) is 0 Å². The first-order valence-electron chi connectivity index (χ1n) is 5.66. The molecule has 2 nitrogen and oxygen atoms in total. The number of alkyl halides is 1. The number of hydrogen-bond acceptors (Lipinski definition) is 2. The van der Waals surface area contributed by atoms with E-state index in [9.17, 15) is 4.39 Å². The van der Waals surface area contributed by atoms with Crippen molar-refractivity contribution in [3.05, 3.63) is 0 Å². The van der Waals surface area contributed by atoms with Gasteiger partial charge in [0.2, 0.25) is 0 Å². The summed E-state index contributed by atoms with van der Waals surface area (Å²) in [5.41, 5.74) is 0.207. The maximum absolute atomic E-state index is 13.8. The largest absolute Gasteiger partial charge is 0.265 e. The topological polar surface area (TPSA) is 25.1 Å². The van der Waals surface area contributed by atoms with Crippen molar-refractivity contribution in [3.63, 3.8) is 0 Å². The Balaban J connectivity index is 1.83. The minimum absolute atomic E-state index is 0.207. The fraction of sp³-hybridized carbons (Fsp3) is 1.00. The Hall–Kier alpha value is -0.150. The average molecular weight is 200 g/mol. The fourth-order valence-corrected chi connectivity index (χ4v) is 3.35. The van der Waals surface area contributed by atoms with Gasteiger partial charge in [-0.15, -0.1) is 0 Å². The van der Waals surface area contributed by atoms with Gasteiger partial charge in [-0.3, -0.25) is 0 Å². The molecule has 2 saturated carbocycles. The predicted octanol–water partition coefficient (Wildman–Crippen LogP) is 2.97. The highest BCUT2D eigenvalue weighted by molar-refractivity contribution is 5.01. The number of halogens is 1. The van der Waals surface area contributed by atoms with Crippen molar-refractivity contribution in [2.45, 2.75) is 57.4 Å². The van der Waals surface area contributed by atoms with E-state index in [1.54, 1.807) is 0 Å². The molecule has 0 aromatic carbocycles. The lowest BCUT2D eigenvalue weighted by Gasteiger charge is -2.46. The fourth-order valence-electron chi connectivity index (χ4n) is 3.35. The van der Waals surface area contributed by atoms with Crippen LogP contribution in [0.5, 0.6) is 0 Å². The molecular weight excluding hydrogens is 183 g/mol. The number of hydrogen-bond donors (Lipinski definition) is 0. The summed E-state index contributed by atoms with van der Waals surface area (Å²) in [6.07, 6.45) is 5.41. The predicted molar refractivity (Wildman–Crippen MR) is 49.1 cm³/mol. The first-order valence-corrected chi connectivity index (χ1v) is 5.66. The molecule has 0 N–H and O–H groups in total. The Morgan fingerprint density at radius 1 is 1.21 bits per heavy atom. The smallest absolute Gasteiger partial charge is 0.241 e. The maximum Gasteiger partial charge on any atom is 0.265 e. The van der Waals surface area contributed by atoms with Gasteiger partial charge in [-0.25, -0.2) is 4.39 Å². The Labute approximate surface area is 83.7 Å². The van der Waals surface area contributed by atoms with Crippen LogP contribution in [0, 0.1) is 11.3 Å². The molecule has 3 atom stereocenters. The highest BCUT2D eigenvalue weighted by atomic mass is 19.1. The molecule has 0 unspecified atom stereocenters. The van der Waals surface area contributed by atoms with E-state index in [-0.39, 0.29) is 5.41 Å². The Kier molecular flexibility index (Phi) is 1.76. The van der Waals surface area contributed by atoms with E-state index in [0.29, 0.717) is 12.3 Å².